The number of rotatable bonds is 6. The number of quaternary nitrogens is 1. The molecule has 5 N–H and O–H groups in total. The molecule has 0 fully saturated rings. The van der Waals surface area contributed by atoms with E-state index < -0.39 is 18.0 Å². The third-order valence-corrected chi connectivity index (χ3v) is 4.52. The maximum Gasteiger partial charge on any atom is 0.319 e. The summed E-state index contributed by atoms with van der Waals surface area (Å²) in [5, 5.41) is 5.47. The first-order valence-corrected chi connectivity index (χ1v) is 8.76. The van der Waals surface area contributed by atoms with Crippen LogP contribution in [0, 0.1) is 0 Å². The van der Waals surface area contributed by atoms with E-state index in [0.717, 1.165) is 0 Å². The van der Waals surface area contributed by atoms with Crippen molar-refractivity contribution >= 4 is 46.7 Å². The highest BCUT2D eigenvalue weighted by molar-refractivity contribution is 6.42. The summed E-state index contributed by atoms with van der Waals surface area (Å²) in [6, 6.07) is 11.8. The molecule has 0 spiro atoms. The Morgan fingerprint density at radius 3 is 2.33 bits per heavy atom. The maximum absolute atomic E-state index is 12.4. The van der Waals surface area contributed by atoms with Gasteiger partial charge < -0.3 is 16.0 Å². The van der Waals surface area contributed by atoms with E-state index in [9.17, 15) is 14.4 Å². The molecule has 2 atom stereocenters. The number of halogens is 2. The third kappa shape index (κ3) is 5.96. The number of imide groups is 1. The van der Waals surface area contributed by atoms with Crippen molar-refractivity contribution in [1.82, 2.24) is 5.32 Å². The van der Waals surface area contributed by atoms with Crippen LogP contribution in [0.3, 0.4) is 0 Å². The van der Waals surface area contributed by atoms with Gasteiger partial charge in [-0.25, -0.2) is 4.79 Å². The Balaban J connectivity index is 2.13. The highest BCUT2D eigenvalue weighted by Gasteiger charge is 2.31. The van der Waals surface area contributed by atoms with Crippen molar-refractivity contribution < 1.29 is 19.3 Å². The SMILES string of the molecule is C[NH+](CC(=O)Nc1ccc(Cl)c(Cl)c1)[C@H](C(=O)NC(N)=O)c1ccccc1. The standard InChI is InChI=1S/C18H18Cl2N4O3/c1-24(10-15(25)22-12-7-8-13(19)14(20)9-12)16(17(26)23-18(21)27)11-5-3-2-4-6-11/h2-9,16H,10H2,1H3,(H,22,25)(H3,21,23,26,27)/p+1/t16-/m0/s1. The van der Waals surface area contributed by atoms with Crippen LogP contribution >= 0.6 is 23.2 Å². The van der Waals surface area contributed by atoms with Gasteiger partial charge in [0.05, 0.1) is 17.1 Å². The highest BCUT2D eigenvalue weighted by atomic mass is 35.5. The van der Waals surface area contributed by atoms with Crippen molar-refractivity contribution in [2.45, 2.75) is 6.04 Å². The zero-order valence-corrected chi connectivity index (χ0v) is 16.0. The van der Waals surface area contributed by atoms with Crippen LogP contribution in [0.2, 0.25) is 10.0 Å². The lowest BCUT2D eigenvalue weighted by atomic mass is 10.0. The molecule has 1 unspecified atom stereocenters. The number of carbonyl (C=O) groups excluding carboxylic acids is 3. The lowest BCUT2D eigenvalue weighted by Crippen LogP contribution is -3.11. The van der Waals surface area contributed by atoms with E-state index >= 15 is 0 Å². The van der Waals surface area contributed by atoms with Crippen molar-refractivity contribution in [2.24, 2.45) is 5.73 Å². The fourth-order valence-corrected chi connectivity index (χ4v) is 2.93. The van der Waals surface area contributed by atoms with Crippen LogP contribution in [0.15, 0.2) is 48.5 Å². The topological polar surface area (TPSA) is 106 Å². The monoisotopic (exact) mass is 409 g/mol. The Morgan fingerprint density at radius 2 is 1.74 bits per heavy atom. The molecule has 0 saturated carbocycles. The van der Waals surface area contributed by atoms with Crippen molar-refractivity contribution in [3.8, 4) is 0 Å². The minimum Gasteiger partial charge on any atom is -0.351 e. The van der Waals surface area contributed by atoms with Gasteiger partial charge in [0.1, 0.15) is 0 Å². The van der Waals surface area contributed by atoms with E-state index in [1.54, 1.807) is 49.5 Å². The second-order valence-electron chi connectivity index (χ2n) is 5.90. The van der Waals surface area contributed by atoms with Gasteiger partial charge >= 0.3 is 6.03 Å². The molecule has 0 aliphatic carbocycles. The summed E-state index contributed by atoms with van der Waals surface area (Å²) in [4.78, 5) is 36.4. The molecule has 9 heteroatoms. The quantitative estimate of drug-likeness (QED) is 0.578. The second kappa shape index (κ2) is 9.36. The first kappa shape index (κ1) is 20.7. The predicted octanol–water partition coefficient (Wildman–Crippen LogP) is 1.38. The van der Waals surface area contributed by atoms with Crippen molar-refractivity contribution in [2.75, 3.05) is 18.9 Å². The van der Waals surface area contributed by atoms with Crippen molar-refractivity contribution in [3.05, 3.63) is 64.1 Å². The minimum absolute atomic E-state index is 0.0357. The maximum atomic E-state index is 12.4. The normalized spacial score (nSPS) is 12.7. The van der Waals surface area contributed by atoms with E-state index in [0.29, 0.717) is 26.2 Å². The average molecular weight is 410 g/mol. The number of amides is 4. The summed E-state index contributed by atoms with van der Waals surface area (Å²) in [5.41, 5.74) is 6.19. The summed E-state index contributed by atoms with van der Waals surface area (Å²) >= 11 is 11.8. The number of hydrogen-bond acceptors (Lipinski definition) is 3. The Labute approximate surface area is 166 Å². The molecule has 2 rings (SSSR count). The molecule has 0 aliphatic heterocycles. The Hall–Kier alpha value is -2.61. The third-order valence-electron chi connectivity index (χ3n) is 3.78. The highest BCUT2D eigenvalue weighted by Crippen LogP contribution is 2.24. The molecule has 0 saturated heterocycles. The van der Waals surface area contributed by atoms with Crippen LogP contribution in [0.25, 0.3) is 0 Å². The number of nitrogens with two attached hydrogens (primary N) is 1. The number of anilines is 1. The summed E-state index contributed by atoms with van der Waals surface area (Å²) in [6.45, 7) is -0.0357. The number of primary amides is 1. The zero-order chi connectivity index (χ0) is 20.0. The summed E-state index contributed by atoms with van der Waals surface area (Å²) in [7, 11) is 1.67. The van der Waals surface area contributed by atoms with E-state index in [1.165, 1.54) is 6.07 Å². The van der Waals surface area contributed by atoms with E-state index in [1.807, 2.05) is 0 Å². The molecule has 0 heterocycles. The van der Waals surface area contributed by atoms with Crippen LogP contribution in [-0.2, 0) is 9.59 Å². The van der Waals surface area contributed by atoms with E-state index in [4.69, 9.17) is 28.9 Å². The summed E-state index contributed by atoms with van der Waals surface area (Å²) in [6.07, 6.45) is 0. The fourth-order valence-electron chi connectivity index (χ4n) is 2.63. The van der Waals surface area contributed by atoms with Gasteiger partial charge in [-0.2, -0.15) is 0 Å². The van der Waals surface area contributed by atoms with Crippen LogP contribution < -0.4 is 21.3 Å². The molecule has 0 aromatic heterocycles. The van der Waals surface area contributed by atoms with Crippen LogP contribution in [0.4, 0.5) is 10.5 Å². The van der Waals surface area contributed by atoms with Gasteiger partial charge in [0.15, 0.2) is 12.6 Å². The molecule has 2 aromatic carbocycles. The number of likely N-dealkylation sites (N-methyl/N-ethyl adjacent to an activating group) is 1. The first-order valence-electron chi connectivity index (χ1n) is 8.00. The van der Waals surface area contributed by atoms with Crippen LogP contribution in [-0.4, -0.2) is 31.4 Å². The average Bonchev–Trinajstić information content (AvgIpc) is 2.58. The summed E-state index contributed by atoms with van der Waals surface area (Å²) in [5.74, 6) is -0.924. The molecule has 142 valence electrons. The molecule has 7 nitrogen and oxygen atoms in total. The molecule has 0 aliphatic rings. The number of urea groups is 1. The van der Waals surface area contributed by atoms with Gasteiger partial charge in [0.25, 0.3) is 11.8 Å². The molecule has 27 heavy (non-hydrogen) atoms. The van der Waals surface area contributed by atoms with Gasteiger partial charge in [-0.05, 0) is 18.2 Å². The lowest BCUT2D eigenvalue weighted by Gasteiger charge is -2.23. The predicted molar refractivity (Wildman–Crippen MR) is 104 cm³/mol. The van der Waals surface area contributed by atoms with Gasteiger partial charge in [0.2, 0.25) is 0 Å². The summed E-state index contributed by atoms with van der Waals surface area (Å²) < 4.78 is 0. The Bertz CT molecular complexity index is 846. The second-order valence-corrected chi connectivity index (χ2v) is 6.71. The molecule has 0 bridgehead atoms. The molecular formula is C18H19Cl2N4O3+. The van der Waals surface area contributed by atoms with Gasteiger partial charge in [-0.1, -0.05) is 53.5 Å². The number of carbonyl (C=O) groups is 3. The smallest absolute Gasteiger partial charge is 0.319 e. The minimum atomic E-state index is -0.950. The van der Waals surface area contributed by atoms with Crippen molar-refractivity contribution in [3.63, 3.8) is 0 Å². The number of hydrogen-bond donors (Lipinski definition) is 4. The van der Waals surface area contributed by atoms with E-state index in [-0.39, 0.29) is 12.5 Å². The van der Waals surface area contributed by atoms with Crippen LogP contribution in [0.5, 0.6) is 0 Å². The van der Waals surface area contributed by atoms with Gasteiger partial charge in [-0.15, -0.1) is 0 Å². The Morgan fingerprint density at radius 1 is 1.07 bits per heavy atom. The largest absolute Gasteiger partial charge is 0.351 e. The lowest BCUT2D eigenvalue weighted by molar-refractivity contribution is -0.894. The van der Waals surface area contributed by atoms with E-state index in [2.05, 4.69) is 10.6 Å². The fraction of sp³-hybridized carbons (Fsp3) is 0.167. The Kier molecular flexibility index (Phi) is 7.18. The van der Waals surface area contributed by atoms with Crippen molar-refractivity contribution in [1.29, 1.82) is 0 Å². The number of nitrogens with one attached hydrogen (secondary N) is 3. The zero-order valence-electron chi connectivity index (χ0n) is 14.5. The molecule has 4 amide bonds. The first-order chi connectivity index (χ1) is 12.8. The molecule has 2 aromatic rings. The van der Waals surface area contributed by atoms with Crippen LogP contribution in [0.1, 0.15) is 11.6 Å². The van der Waals surface area contributed by atoms with Gasteiger partial charge in [-0.3, -0.25) is 14.9 Å². The number of benzene rings is 2. The van der Waals surface area contributed by atoms with Gasteiger partial charge in [0, 0.05) is 11.3 Å². The molecule has 0 radical (unpaired) electrons. The molecular weight excluding hydrogens is 391 g/mol.